The van der Waals surface area contributed by atoms with Crippen molar-refractivity contribution < 1.29 is 19.0 Å². The highest BCUT2D eigenvalue weighted by Gasteiger charge is 2.25. The van der Waals surface area contributed by atoms with Gasteiger partial charge in [-0.2, -0.15) is 0 Å². The summed E-state index contributed by atoms with van der Waals surface area (Å²) in [6.45, 7) is 0.586. The molecule has 3 aromatic rings. The van der Waals surface area contributed by atoms with Crippen molar-refractivity contribution in [1.29, 1.82) is 0 Å². The van der Waals surface area contributed by atoms with E-state index in [1.165, 1.54) is 16.9 Å². The number of amides is 1. The number of aryl methyl sites for hydroxylation is 1. The van der Waals surface area contributed by atoms with E-state index in [0.717, 1.165) is 46.8 Å². The lowest BCUT2D eigenvalue weighted by molar-refractivity contribution is 0.102. The van der Waals surface area contributed by atoms with Gasteiger partial charge in [0.2, 0.25) is 0 Å². The fourth-order valence-electron chi connectivity index (χ4n) is 3.97. The number of benzene rings is 2. The molecule has 0 spiro atoms. The van der Waals surface area contributed by atoms with Crippen LogP contribution in [-0.2, 0) is 19.4 Å². The first-order valence-corrected chi connectivity index (χ1v) is 11.5. The number of thiophene rings is 1. The lowest BCUT2D eigenvalue weighted by atomic mass is 9.95. The van der Waals surface area contributed by atoms with Crippen LogP contribution in [0.4, 0.5) is 10.7 Å². The Hall–Kier alpha value is -3.19. The molecule has 7 heteroatoms. The normalized spacial score (nSPS) is 12.6. The molecule has 32 heavy (non-hydrogen) atoms. The summed E-state index contributed by atoms with van der Waals surface area (Å²) in [6.07, 6.45) is 4.25. The van der Waals surface area contributed by atoms with Crippen LogP contribution in [0.15, 0.2) is 42.5 Å². The number of anilines is 2. The Balaban J connectivity index is 1.57. The first-order valence-electron chi connectivity index (χ1n) is 10.7. The molecule has 6 nitrogen and oxygen atoms in total. The van der Waals surface area contributed by atoms with E-state index in [0.29, 0.717) is 18.0 Å². The maximum Gasteiger partial charge on any atom is 0.258 e. The summed E-state index contributed by atoms with van der Waals surface area (Å²) in [4.78, 5) is 14.6. The van der Waals surface area contributed by atoms with E-state index in [9.17, 15) is 4.79 Å². The summed E-state index contributed by atoms with van der Waals surface area (Å²) < 4.78 is 16.0. The lowest BCUT2D eigenvalue weighted by Gasteiger charge is -2.14. The van der Waals surface area contributed by atoms with Crippen LogP contribution in [-0.4, -0.2) is 27.2 Å². The van der Waals surface area contributed by atoms with E-state index in [1.807, 2.05) is 42.5 Å². The van der Waals surface area contributed by atoms with Crippen LogP contribution in [0.2, 0.25) is 0 Å². The molecular formula is C25H28N2O4S. The van der Waals surface area contributed by atoms with E-state index >= 15 is 0 Å². The largest absolute Gasteiger partial charge is 0.497 e. The van der Waals surface area contributed by atoms with Crippen molar-refractivity contribution in [3.8, 4) is 17.2 Å². The molecule has 1 amide bonds. The van der Waals surface area contributed by atoms with E-state index in [-0.39, 0.29) is 5.91 Å². The standard InChI is InChI=1S/C25H28N2O4S/c1-29-18-11-9-17(10-12-18)27-24(28)23-19-6-4-5-7-22(19)32-25(23)26-15-16-8-13-20(30-2)21(14-16)31-3/h8-14,26H,4-7,15H2,1-3H3,(H,27,28). The highest BCUT2D eigenvalue weighted by atomic mass is 32.1. The second-order valence-corrected chi connectivity index (χ2v) is 8.75. The van der Waals surface area contributed by atoms with Crippen molar-refractivity contribution in [2.45, 2.75) is 32.2 Å². The van der Waals surface area contributed by atoms with Crippen LogP contribution < -0.4 is 24.8 Å². The van der Waals surface area contributed by atoms with Gasteiger partial charge < -0.3 is 24.8 Å². The Labute approximate surface area is 192 Å². The molecule has 1 aliphatic carbocycles. The van der Waals surface area contributed by atoms with Crippen molar-refractivity contribution in [2.75, 3.05) is 32.0 Å². The van der Waals surface area contributed by atoms with Crippen LogP contribution >= 0.6 is 11.3 Å². The monoisotopic (exact) mass is 452 g/mol. The second-order valence-electron chi connectivity index (χ2n) is 7.64. The first-order chi connectivity index (χ1) is 15.6. The van der Waals surface area contributed by atoms with Crippen LogP contribution in [0.1, 0.15) is 39.2 Å². The van der Waals surface area contributed by atoms with Gasteiger partial charge in [0, 0.05) is 17.1 Å². The molecule has 0 aliphatic heterocycles. The fourth-order valence-corrected chi connectivity index (χ4v) is 5.25. The summed E-state index contributed by atoms with van der Waals surface area (Å²) in [5, 5.41) is 7.47. The van der Waals surface area contributed by atoms with Crippen LogP contribution in [0.3, 0.4) is 0 Å². The number of rotatable bonds is 8. The van der Waals surface area contributed by atoms with Gasteiger partial charge in [-0.05, 0) is 73.2 Å². The SMILES string of the molecule is COc1ccc(NC(=O)c2c(NCc3ccc(OC)c(OC)c3)sc3c2CCCC3)cc1. The third-order valence-corrected chi connectivity index (χ3v) is 6.90. The molecule has 1 aromatic heterocycles. The molecule has 0 radical (unpaired) electrons. The number of nitrogens with one attached hydrogen (secondary N) is 2. The van der Waals surface area contributed by atoms with Gasteiger partial charge in [-0.3, -0.25) is 4.79 Å². The maximum absolute atomic E-state index is 13.3. The molecular weight excluding hydrogens is 424 g/mol. The Kier molecular flexibility index (Phi) is 6.85. The number of carbonyl (C=O) groups is 1. The molecule has 168 valence electrons. The molecule has 0 fully saturated rings. The molecule has 1 heterocycles. The van der Waals surface area contributed by atoms with Crippen molar-refractivity contribution in [2.24, 2.45) is 0 Å². The smallest absolute Gasteiger partial charge is 0.258 e. The Morgan fingerprint density at radius 3 is 2.41 bits per heavy atom. The highest BCUT2D eigenvalue weighted by Crippen LogP contribution is 2.39. The number of methoxy groups -OCH3 is 3. The number of hydrogen-bond acceptors (Lipinski definition) is 6. The molecule has 0 atom stereocenters. The molecule has 0 saturated heterocycles. The number of hydrogen-bond donors (Lipinski definition) is 2. The predicted octanol–water partition coefficient (Wildman–Crippen LogP) is 5.52. The molecule has 0 unspecified atom stereocenters. The molecule has 1 aliphatic rings. The van der Waals surface area contributed by atoms with Crippen molar-refractivity contribution in [3.63, 3.8) is 0 Å². The molecule has 0 saturated carbocycles. The average molecular weight is 453 g/mol. The van der Waals surface area contributed by atoms with E-state index in [2.05, 4.69) is 10.6 Å². The topological polar surface area (TPSA) is 68.8 Å². The minimum atomic E-state index is -0.0793. The Morgan fingerprint density at radius 2 is 1.69 bits per heavy atom. The van der Waals surface area contributed by atoms with Crippen molar-refractivity contribution in [3.05, 3.63) is 64.0 Å². The van der Waals surface area contributed by atoms with Gasteiger partial charge >= 0.3 is 0 Å². The van der Waals surface area contributed by atoms with Crippen LogP contribution in [0.25, 0.3) is 0 Å². The zero-order chi connectivity index (χ0) is 22.5. The predicted molar refractivity (Wildman–Crippen MR) is 129 cm³/mol. The molecule has 2 aromatic carbocycles. The van der Waals surface area contributed by atoms with Gasteiger partial charge in [0.25, 0.3) is 5.91 Å². The Morgan fingerprint density at radius 1 is 0.938 bits per heavy atom. The summed E-state index contributed by atoms with van der Waals surface area (Å²) in [5.41, 5.74) is 3.75. The maximum atomic E-state index is 13.3. The fraction of sp³-hybridized carbons (Fsp3) is 0.320. The van der Waals surface area contributed by atoms with E-state index in [4.69, 9.17) is 14.2 Å². The number of fused-ring (bicyclic) bond motifs is 1. The van der Waals surface area contributed by atoms with Crippen LogP contribution in [0.5, 0.6) is 17.2 Å². The number of ether oxygens (including phenoxy) is 3. The second kappa shape index (κ2) is 9.96. The zero-order valence-corrected chi connectivity index (χ0v) is 19.4. The third kappa shape index (κ3) is 4.67. The first kappa shape index (κ1) is 22.0. The number of carbonyl (C=O) groups excluding carboxylic acids is 1. The summed E-state index contributed by atoms with van der Waals surface area (Å²) in [7, 11) is 4.88. The average Bonchev–Trinajstić information content (AvgIpc) is 3.21. The summed E-state index contributed by atoms with van der Waals surface area (Å²) in [6, 6.07) is 13.2. The van der Waals surface area contributed by atoms with Crippen molar-refractivity contribution >= 4 is 27.9 Å². The molecule has 2 N–H and O–H groups in total. The molecule has 4 rings (SSSR count). The minimum absolute atomic E-state index is 0.0793. The van der Waals surface area contributed by atoms with E-state index in [1.54, 1.807) is 32.7 Å². The van der Waals surface area contributed by atoms with Gasteiger partial charge in [0.15, 0.2) is 11.5 Å². The summed E-state index contributed by atoms with van der Waals surface area (Å²) >= 11 is 1.70. The zero-order valence-electron chi connectivity index (χ0n) is 18.6. The minimum Gasteiger partial charge on any atom is -0.497 e. The molecule has 0 bridgehead atoms. The van der Waals surface area contributed by atoms with Crippen molar-refractivity contribution in [1.82, 2.24) is 0 Å². The van der Waals surface area contributed by atoms with Gasteiger partial charge in [-0.1, -0.05) is 6.07 Å². The quantitative estimate of drug-likeness (QED) is 0.471. The van der Waals surface area contributed by atoms with E-state index < -0.39 is 0 Å². The van der Waals surface area contributed by atoms with Gasteiger partial charge in [0.1, 0.15) is 10.8 Å². The van der Waals surface area contributed by atoms with Gasteiger partial charge in [-0.25, -0.2) is 0 Å². The third-order valence-electron chi connectivity index (χ3n) is 5.65. The highest BCUT2D eigenvalue weighted by molar-refractivity contribution is 7.16. The van der Waals surface area contributed by atoms with Gasteiger partial charge in [0.05, 0.1) is 26.9 Å². The van der Waals surface area contributed by atoms with Gasteiger partial charge in [-0.15, -0.1) is 11.3 Å². The Bertz CT molecular complexity index is 1090. The lowest BCUT2D eigenvalue weighted by Crippen LogP contribution is -2.16. The summed E-state index contributed by atoms with van der Waals surface area (Å²) in [5.74, 6) is 2.06. The van der Waals surface area contributed by atoms with Crippen LogP contribution in [0, 0.1) is 0 Å².